The number of anilines is 1. The summed E-state index contributed by atoms with van der Waals surface area (Å²) in [4.78, 5) is 34.0. The molecule has 0 aliphatic carbocycles. The van der Waals surface area contributed by atoms with E-state index < -0.39 is 0 Å². The van der Waals surface area contributed by atoms with E-state index in [1.807, 2.05) is 38.1 Å². The average Bonchev–Trinajstić information content (AvgIpc) is 3.19. The number of nitrogens with zero attached hydrogens (tertiary/aromatic N) is 3. The van der Waals surface area contributed by atoms with E-state index in [2.05, 4.69) is 9.97 Å². The summed E-state index contributed by atoms with van der Waals surface area (Å²) >= 11 is 0. The summed E-state index contributed by atoms with van der Waals surface area (Å²) in [6.45, 7) is 3.82. The van der Waals surface area contributed by atoms with Crippen LogP contribution < -0.4 is 4.90 Å². The molecule has 1 amide bonds. The average molecular weight is 363 g/mol. The van der Waals surface area contributed by atoms with Crippen LogP contribution in [0.2, 0.25) is 0 Å². The van der Waals surface area contributed by atoms with Crippen LogP contribution in [0.3, 0.4) is 0 Å². The van der Waals surface area contributed by atoms with Crippen LogP contribution >= 0.6 is 0 Å². The predicted octanol–water partition coefficient (Wildman–Crippen LogP) is 3.84. The van der Waals surface area contributed by atoms with Crippen molar-refractivity contribution in [1.82, 2.24) is 9.97 Å². The number of Topliss-reactive ketones (excluding diaryl/α,β-unsaturated/α-hetero) is 1. The Morgan fingerprint density at radius 1 is 1.11 bits per heavy atom. The molecule has 0 N–H and O–H groups in total. The minimum absolute atomic E-state index is 0.0708. The SMILES string of the molecule is CCC(=O)N(C)c1ccc(-c2ccc(C(=O)Cc3ncco3)nc2)cc1C. The molecule has 0 unspecified atom stereocenters. The maximum atomic E-state index is 12.2. The molecular weight excluding hydrogens is 342 g/mol. The van der Waals surface area contributed by atoms with Gasteiger partial charge >= 0.3 is 0 Å². The largest absolute Gasteiger partial charge is 0.449 e. The minimum atomic E-state index is -0.143. The first-order valence-corrected chi connectivity index (χ1v) is 8.74. The summed E-state index contributed by atoms with van der Waals surface area (Å²) in [5.74, 6) is 0.305. The maximum absolute atomic E-state index is 12.2. The Balaban J connectivity index is 1.78. The highest BCUT2D eigenvalue weighted by atomic mass is 16.3. The van der Waals surface area contributed by atoms with Gasteiger partial charge in [-0.3, -0.25) is 14.6 Å². The van der Waals surface area contributed by atoms with Crippen molar-refractivity contribution in [2.24, 2.45) is 0 Å². The molecule has 0 radical (unpaired) electrons. The lowest BCUT2D eigenvalue weighted by Gasteiger charge is -2.19. The minimum Gasteiger partial charge on any atom is -0.449 e. The van der Waals surface area contributed by atoms with Crippen LogP contribution in [-0.4, -0.2) is 28.7 Å². The number of rotatable bonds is 6. The Labute approximate surface area is 157 Å². The molecule has 0 fully saturated rings. The quantitative estimate of drug-likeness (QED) is 0.622. The summed E-state index contributed by atoms with van der Waals surface area (Å²) < 4.78 is 5.10. The molecule has 3 rings (SSSR count). The summed E-state index contributed by atoms with van der Waals surface area (Å²) in [7, 11) is 1.78. The van der Waals surface area contributed by atoms with Gasteiger partial charge in [0.05, 0.1) is 12.6 Å². The fourth-order valence-electron chi connectivity index (χ4n) is 2.88. The van der Waals surface area contributed by atoms with Gasteiger partial charge in [-0.2, -0.15) is 0 Å². The monoisotopic (exact) mass is 363 g/mol. The number of pyridine rings is 1. The molecule has 0 spiro atoms. The van der Waals surface area contributed by atoms with Crippen LogP contribution in [0.1, 0.15) is 35.3 Å². The molecule has 138 valence electrons. The van der Waals surface area contributed by atoms with Gasteiger partial charge in [-0.05, 0) is 36.2 Å². The summed E-state index contributed by atoms with van der Waals surface area (Å²) in [6.07, 6.45) is 5.18. The number of hydrogen-bond donors (Lipinski definition) is 0. The van der Waals surface area contributed by atoms with Crippen LogP contribution in [0, 0.1) is 6.92 Å². The molecule has 2 aromatic heterocycles. The van der Waals surface area contributed by atoms with Crippen molar-refractivity contribution in [3.8, 4) is 11.1 Å². The second-order valence-corrected chi connectivity index (χ2v) is 6.27. The topological polar surface area (TPSA) is 76.3 Å². The van der Waals surface area contributed by atoms with Gasteiger partial charge < -0.3 is 9.32 Å². The standard InChI is InChI=1S/C21H21N3O3/c1-4-21(26)24(3)18-8-6-15(11-14(18)2)16-5-7-17(23-13-16)19(25)12-20-22-9-10-27-20/h5-11,13H,4,12H2,1-3H3. The van der Waals surface area contributed by atoms with Gasteiger partial charge in [-0.15, -0.1) is 0 Å². The van der Waals surface area contributed by atoms with E-state index in [1.54, 1.807) is 24.2 Å². The molecule has 2 heterocycles. The highest BCUT2D eigenvalue weighted by Crippen LogP contribution is 2.27. The van der Waals surface area contributed by atoms with E-state index in [4.69, 9.17) is 4.42 Å². The lowest BCUT2D eigenvalue weighted by Crippen LogP contribution is -2.25. The van der Waals surface area contributed by atoms with E-state index >= 15 is 0 Å². The highest BCUT2D eigenvalue weighted by molar-refractivity contribution is 5.95. The number of aromatic nitrogens is 2. The second-order valence-electron chi connectivity index (χ2n) is 6.27. The number of oxazole rings is 1. The van der Waals surface area contributed by atoms with Crippen molar-refractivity contribution in [3.05, 3.63) is 66.1 Å². The summed E-state index contributed by atoms with van der Waals surface area (Å²) in [5, 5.41) is 0. The fraction of sp³-hybridized carbons (Fsp3) is 0.238. The Bertz CT molecular complexity index is 947. The van der Waals surface area contributed by atoms with Gasteiger partial charge in [0, 0.05) is 30.9 Å². The summed E-state index contributed by atoms with van der Waals surface area (Å²) in [5.41, 5.74) is 4.14. The molecule has 6 nitrogen and oxygen atoms in total. The third-order valence-electron chi connectivity index (χ3n) is 4.41. The number of hydrogen-bond acceptors (Lipinski definition) is 5. The molecule has 27 heavy (non-hydrogen) atoms. The Morgan fingerprint density at radius 2 is 1.89 bits per heavy atom. The first-order chi connectivity index (χ1) is 13.0. The van der Waals surface area contributed by atoms with Crippen molar-refractivity contribution >= 4 is 17.4 Å². The normalized spacial score (nSPS) is 10.6. The number of ketones is 1. The number of benzene rings is 1. The third-order valence-corrected chi connectivity index (χ3v) is 4.41. The third kappa shape index (κ3) is 4.11. The number of aryl methyl sites for hydroxylation is 1. The molecule has 6 heteroatoms. The highest BCUT2D eigenvalue weighted by Gasteiger charge is 2.14. The van der Waals surface area contributed by atoms with E-state index in [0.717, 1.165) is 22.4 Å². The first-order valence-electron chi connectivity index (χ1n) is 8.74. The van der Waals surface area contributed by atoms with Gasteiger partial charge in [0.1, 0.15) is 12.0 Å². The van der Waals surface area contributed by atoms with Crippen LogP contribution in [0.15, 0.2) is 53.4 Å². The zero-order valence-corrected chi connectivity index (χ0v) is 15.6. The lowest BCUT2D eigenvalue weighted by molar-refractivity contribution is -0.118. The number of carbonyl (C=O) groups excluding carboxylic acids is 2. The van der Waals surface area contributed by atoms with Gasteiger partial charge in [0.15, 0.2) is 5.78 Å². The van der Waals surface area contributed by atoms with E-state index in [9.17, 15) is 9.59 Å². The van der Waals surface area contributed by atoms with Crippen LogP contribution in [0.25, 0.3) is 11.1 Å². The smallest absolute Gasteiger partial charge is 0.226 e. The van der Waals surface area contributed by atoms with Crippen LogP contribution in [0.4, 0.5) is 5.69 Å². The molecule has 1 aromatic carbocycles. The molecule has 3 aromatic rings. The van der Waals surface area contributed by atoms with Crippen molar-refractivity contribution < 1.29 is 14.0 Å². The number of carbonyl (C=O) groups is 2. The lowest BCUT2D eigenvalue weighted by atomic mass is 10.0. The Kier molecular flexibility index (Phi) is 5.45. The first kappa shape index (κ1) is 18.5. The van der Waals surface area contributed by atoms with E-state index in [0.29, 0.717) is 18.0 Å². The van der Waals surface area contributed by atoms with Crippen LogP contribution in [-0.2, 0) is 11.2 Å². The van der Waals surface area contributed by atoms with Crippen molar-refractivity contribution in [3.63, 3.8) is 0 Å². The van der Waals surface area contributed by atoms with Gasteiger partial charge in [0.25, 0.3) is 0 Å². The van der Waals surface area contributed by atoms with Crippen molar-refractivity contribution in [2.75, 3.05) is 11.9 Å². The van der Waals surface area contributed by atoms with Gasteiger partial charge in [-0.1, -0.05) is 19.1 Å². The predicted molar refractivity (Wildman–Crippen MR) is 103 cm³/mol. The van der Waals surface area contributed by atoms with Crippen molar-refractivity contribution in [1.29, 1.82) is 0 Å². The Morgan fingerprint density at radius 3 is 2.48 bits per heavy atom. The molecule has 0 aliphatic rings. The van der Waals surface area contributed by atoms with Crippen molar-refractivity contribution in [2.45, 2.75) is 26.7 Å². The Hall–Kier alpha value is -3.28. The molecule has 0 saturated carbocycles. The summed E-state index contributed by atoms with van der Waals surface area (Å²) in [6, 6.07) is 9.47. The zero-order valence-electron chi connectivity index (χ0n) is 15.6. The fourth-order valence-corrected chi connectivity index (χ4v) is 2.88. The van der Waals surface area contributed by atoms with Gasteiger partial charge in [-0.25, -0.2) is 4.98 Å². The second kappa shape index (κ2) is 7.95. The van der Waals surface area contributed by atoms with E-state index in [-0.39, 0.29) is 18.1 Å². The molecule has 0 atom stereocenters. The molecule has 0 aliphatic heterocycles. The van der Waals surface area contributed by atoms with E-state index in [1.165, 1.54) is 12.5 Å². The zero-order chi connectivity index (χ0) is 19.4. The molecule has 0 saturated heterocycles. The molecular formula is C21H21N3O3. The molecule has 0 bridgehead atoms. The van der Waals surface area contributed by atoms with Crippen LogP contribution in [0.5, 0.6) is 0 Å². The van der Waals surface area contributed by atoms with Gasteiger partial charge in [0.2, 0.25) is 11.8 Å². The maximum Gasteiger partial charge on any atom is 0.226 e. The number of amides is 1.